The average Bonchev–Trinajstić information content (AvgIpc) is 3.37. The van der Waals surface area contributed by atoms with Gasteiger partial charge in [-0.3, -0.25) is 0 Å². The first-order chi connectivity index (χ1) is 17.7. The molecule has 5 rings (SSSR count). The van der Waals surface area contributed by atoms with Crippen molar-refractivity contribution in [3.63, 3.8) is 0 Å². The summed E-state index contributed by atoms with van der Waals surface area (Å²) in [5, 5.41) is 7.54. The molecular formula is C26H33ClN7O2P. The Morgan fingerprint density at radius 1 is 1.08 bits per heavy atom. The van der Waals surface area contributed by atoms with Gasteiger partial charge in [-0.15, -0.1) is 0 Å². The highest BCUT2D eigenvalue weighted by atomic mass is 35.5. The second-order valence-electron chi connectivity index (χ2n) is 10.1. The van der Waals surface area contributed by atoms with Crippen LogP contribution in [0.4, 0.5) is 29.0 Å². The molecule has 2 N–H and O–H groups in total. The van der Waals surface area contributed by atoms with Crippen LogP contribution in [0.2, 0.25) is 5.02 Å². The molecule has 0 radical (unpaired) electrons. The number of benzene rings is 1. The van der Waals surface area contributed by atoms with Crippen LogP contribution in [0.1, 0.15) is 18.4 Å². The molecule has 0 atom stereocenters. The largest absolute Gasteiger partial charge is 0.489 e. The normalized spacial score (nSPS) is 16.0. The lowest BCUT2D eigenvalue weighted by Crippen LogP contribution is -2.42. The predicted molar refractivity (Wildman–Crippen MR) is 151 cm³/mol. The maximum atomic E-state index is 12.8. The van der Waals surface area contributed by atoms with E-state index in [-0.39, 0.29) is 0 Å². The fourth-order valence-electron chi connectivity index (χ4n) is 4.96. The van der Waals surface area contributed by atoms with E-state index in [0.717, 1.165) is 49.1 Å². The molecule has 37 heavy (non-hydrogen) atoms. The Morgan fingerprint density at radius 3 is 2.57 bits per heavy atom. The third-order valence-electron chi connectivity index (χ3n) is 6.96. The van der Waals surface area contributed by atoms with Gasteiger partial charge in [-0.25, -0.2) is 9.97 Å². The number of piperidine rings is 1. The van der Waals surface area contributed by atoms with E-state index in [0.29, 0.717) is 40.9 Å². The molecule has 0 unspecified atom stereocenters. The number of fused-ring (bicyclic) bond motifs is 1. The molecule has 0 spiro atoms. The highest BCUT2D eigenvalue weighted by Gasteiger charge is 2.28. The summed E-state index contributed by atoms with van der Waals surface area (Å²) >= 11 is 6.41. The van der Waals surface area contributed by atoms with Gasteiger partial charge in [0.1, 0.15) is 12.2 Å². The maximum Gasteiger partial charge on any atom is 0.230 e. The van der Waals surface area contributed by atoms with Crippen LogP contribution < -0.4 is 25.6 Å². The summed E-state index contributed by atoms with van der Waals surface area (Å²) in [6, 6.07) is 8.09. The standard InChI is InChI=1S/C26H33ClN7O2P/c1-33(2)17-9-12-34(13-10-17)21-16-28-25(23-18(21)11-14-36-23)32-26-29-15-19(27)24(31-26)30-20-7-5-6-8-22(20)37(3,4)35/h5-8,15-17H,9-14H2,1-4H3,(H2,28,29,30,31,32). The van der Waals surface area contributed by atoms with Crippen LogP contribution in [0.5, 0.6) is 5.75 Å². The number of ether oxygens (including phenoxy) is 1. The Labute approximate surface area is 223 Å². The van der Waals surface area contributed by atoms with Gasteiger partial charge in [-0.2, -0.15) is 4.98 Å². The molecule has 9 nitrogen and oxygen atoms in total. The van der Waals surface area contributed by atoms with Crippen molar-refractivity contribution in [3.05, 3.63) is 47.2 Å². The topological polar surface area (TPSA) is 95.5 Å². The number of hydrogen-bond acceptors (Lipinski definition) is 9. The minimum atomic E-state index is -2.51. The summed E-state index contributed by atoms with van der Waals surface area (Å²) in [6.07, 6.45) is 6.56. The molecule has 2 aliphatic rings. The molecule has 196 valence electrons. The molecule has 0 saturated carbocycles. The van der Waals surface area contributed by atoms with Crippen molar-refractivity contribution in [1.29, 1.82) is 0 Å². The minimum absolute atomic E-state index is 0.338. The smallest absolute Gasteiger partial charge is 0.230 e. The summed E-state index contributed by atoms with van der Waals surface area (Å²) in [5.41, 5.74) is 3.02. The number of nitrogens with one attached hydrogen (secondary N) is 2. The highest BCUT2D eigenvalue weighted by Crippen LogP contribution is 2.41. The van der Waals surface area contributed by atoms with Crippen LogP contribution in [0.25, 0.3) is 0 Å². The van der Waals surface area contributed by atoms with E-state index >= 15 is 0 Å². The van der Waals surface area contributed by atoms with Crippen LogP contribution in [-0.2, 0) is 11.0 Å². The van der Waals surface area contributed by atoms with E-state index in [2.05, 4.69) is 44.5 Å². The Bertz CT molecular complexity index is 1340. The van der Waals surface area contributed by atoms with Crippen molar-refractivity contribution < 1.29 is 9.30 Å². The Balaban J connectivity index is 1.38. The zero-order valence-electron chi connectivity index (χ0n) is 21.7. The molecule has 11 heteroatoms. The highest BCUT2D eigenvalue weighted by molar-refractivity contribution is 7.70. The lowest BCUT2D eigenvalue weighted by molar-refractivity contribution is 0.249. The van der Waals surface area contributed by atoms with Crippen molar-refractivity contribution in [3.8, 4) is 5.75 Å². The number of nitrogens with zero attached hydrogens (tertiary/aromatic N) is 5. The van der Waals surface area contributed by atoms with Gasteiger partial charge in [0.05, 0.1) is 30.4 Å². The van der Waals surface area contributed by atoms with E-state index in [1.165, 1.54) is 11.8 Å². The second kappa shape index (κ2) is 10.5. The predicted octanol–water partition coefficient (Wildman–Crippen LogP) is 4.73. The van der Waals surface area contributed by atoms with E-state index in [4.69, 9.17) is 21.3 Å². The number of para-hydroxylation sites is 1. The third kappa shape index (κ3) is 5.54. The first-order valence-electron chi connectivity index (χ1n) is 12.5. The van der Waals surface area contributed by atoms with Gasteiger partial charge in [-0.1, -0.05) is 23.7 Å². The Morgan fingerprint density at radius 2 is 1.84 bits per heavy atom. The summed E-state index contributed by atoms with van der Waals surface area (Å²) in [4.78, 5) is 18.4. The molecule has 4 heterocycles. The Hall–Kier alpha value is -2.87. The number of anilines is 5. The van der Waals surface area contributed by atoms with Crippen molar-refractivity contribution in [2.75, 3.05) is 62.7 Å². The van der Waals surface area contributed by atoms with Crippen LogP contribution in [0, 0.1) is 0 Å². The minimum Gasteiger partial charge on any atom is -0.489 e. The van der Waals surface area contributed by atoms with Crippen LogP contribution in [0.15, 0.2) is 36.7 Å². The van der Waals surface area contributed by atoms with Gasteiger partial charge in [0.2, 0.25) is 5.95 Å². The van der Waals surface area contributed by atoms with Gasteiger partial charge >= 0.3 is 0 Å². The number of hydrogen-bond donors (Lipinski definition) is 2. The number of halogens is 1. The van der Waals surface area contributed by atoms with Crippen molar-refractivity contribution in [1.82, 2.24) is 19.9 Å². The fourth-order valence-corrected chi connectivity index (χ4v) is 6.25. The monoisotopic (exact) mass is 541 g/mol. The summed E-state index contributed by atoms with van der Waals surface area (Å²) in [5.74, 6) is 2.09. The number of aromatic nitrogens is 3. The van der Waals surface area contributed by atoms with Gasteiger partial charge in [0.25, 0.3) is 0 Å². The summed E-state index contributed by atoms with van der Waals surface area (Å²) in [7, 11) is 1.80. The average molecular weight is 542 g/mol. The molecule has 1 saturated heterocycles. The molecule has 2 aliphatic heterocycles. The SMILES string of the molecule is CN(C)C1CCN(c2cnc(Nc3ncc(Cl)c(Nc4ccccc4P(C)(C)=O)n3)c3c2CCO3)CC1. The van der Waals surface area contributed by atoms with Crippen molar-refractivity contribution in [2.24, 2.45) is 0 Å². The van der Waals surface area contributed by atoms with E-state index < -0.39 is 7.14 Å². The summed E-state index contributed by atoms with van der Waals surface area (Å²) < 4.78 is 18.8. The molecular weight excluding hydrogens is 509 g/mol. The molecule has 2 aromatic heterocycles. The molecule has 0 aliphatic carbocycles. The quantitative estimate of drug-likeness (QED) is 0.412. The van der Waals surface area contributed by atoms with Gasteiger partial charge in [0, 0.05) is 36.4 Å². The van der Waals surface area contributed by atoms with Gasteiger partial charge in [-0.05, 0) is 52.4 Å². The van der Waals surface area contributed by atoms with Crippen molar-refractivity contribution in [2.45, 2.75) is 25.3 Å². The number of rotatable bonds is 7. The molecule has 0 bridgehead atoms. The van der Waals surface area contributed by atoms with E-state index in [1.807, 2.05) is 30.5 Å². The number of pyridine rings is 1. The lowest BCUT2D eigenvalue weighted by Gasteiger charge is -2.37. The Kier molecular flexibility index (Phi) is 7.30. The first-order valence-corrected chi connectivity index (χ1v) is 15.5. The zero-order valence-corrected chi connectivity index (χ0v) is 23.3. The zero-order chi connectivity index (χ0) is 26.2. The van der Waals surface area contributed by atoms with Gasteiger partial charge in [0.15, 0.2) is 17.4 Å². The first kappa shape index (κ1) is 25.8. The van der Waals surface area contributed by atoms with E-state index in [9.17, 15) is 4.57 Å². The van der Waals surface area contributed by atoms with Crippen LogP contribution in [0.3, 0.4) is 0 Å². The third-order valence-corrected chi connectivity index (χ3v) is 8.79. The lowest BCUT2D eigenvalue weighted by atomic mass is 10.0. The maximum absolute atomic E-state index is 12.8. The van der Waals surface area contributed by atoms with Crippen LogP contribution >= 0.6 is 18.7 Å². The van der Waals surface area contributed by atoms with Crippen LogP contribution in [-0.4, -0.2) is 73.0 Å². The molecule has 0 amide bonds. The van der Waals surface area contributed by atoms with Gasteiger partial charge < -0.3 is 29.7 Å². The molecule has 3 aromatic rings. The molecule has 1 aromatic carbocycles. The summed E-state index contributed by atoms with van der Waals surface area (Å²) in [6.45, 7) is 6.10. The fraction of sp³-hybridized carbons (Fsp3) is 0.423. The van der Waals surface area contributed by atoms with Crippen molar-refractivity contribution >= 4 is 53.0 Å². The van der Waals surface area contributed by atoms with E-state index in [1.54, 1.807) is 13.3 Å². The molecule has 1 fully saturated rings. The second-order valence-corrected chi connectivity index (χ2v) is 13.7.